The number of nitrogens with zero attached hydrogens (tertiary/aromatic N) is 1. The monoisotopic (exact) mass is 389 g/mol. The van der Waals surface area contributed by atoms with Crippen LogP contribution in [-0.2, 0) is 9.59 Å². The fourth-order valence-corrected chi connectivity index (χ4v) is 3.60. The summed E-state index contributed by atoms with van der Waals surface area (Å²) in [4.78, 5) is 25.4. The molecule has 1 aliphatic carbocycles. The van der Waals surface area contributed by atoms with Crippen LogP contribution in [0, 0.1) is 23.2 Å². The van der Waals surface area contributed by atoms with Crippen molar-refractivity contribution in [3.63, 3.8) is 0 Å². The van der Waals surface area contributed by atoms with Gasteiger partial charge in [-0.25, -0.2) is 0 Å². The Labute approximate surface area is 172 Å². The molecule has 5 nitrogen and oxygen atoms in total. The molecule has 0 radical (unpaired) electrons. The van der Waals surface area contributed by atoms with Crippen LogP contribution < -0.4 is 10.6 Å². The Morgan fingerprint density at radius 1 is 0.897 bits per heavy atom. The Balaban J connectivity index is 1.71. The van der Waals surface area contributed by atoms with Crippen LogP contribution in [0.2, 0.25) is 0 Å². The van der Waals surface area contributed by atoms with Gasteiger partial charge in [0.15, 0.2) is 0 Å². The predicted octanol–water partition coefficient (Wildman–Crippen LogP) is 5.02. The number of nitrogens with one attached hydrogen (secondary N) is 2. The SMILES string of the molecule is CC(C)c1cccc(C(C)C)c1NC(=O)C1CC1C(=O)Nc1ccccc1C#N. The summed E-state index contributed by atoms with van der Waals surface area (Å²) >= 11 is 0. The number of hydrogen-bond donors (Lipinski definition) is 2. The van der Waals surface area contributed by atoms with Gasteiger partial charge in [-0.2, -0.15) is 5.26 Å². The first-order valence-electron chi connectivity index (χ1n) is 10.1. The number of carbonyl (C=O) groups excluding carboxylic acids is 2. The standard InChI is InChI=1S/C24H27N3O2/c1-14(2)17-9-7-10-18(15(3)4)22(17)27-24(29)20-12-19(20)23(28)26-21-11-6-5-8-16(21)13-25/h5-11,14-15,19-20H,12H2,1-4H3,(H,26,28)(H,27,29). The van der Waals surface area contributed by atoms with E-state index in [1.54, 1.807) is 24.3 Å². The molecule has 29 heavy (non-hydrogen) atoms. The van der Waals surface area contributed by atoms with E-state index in [1.807, 2.05) is 18.2 Å². The Morgan fingerprint density at radius 2 is 1.45 bits per heavy atom. The van der Waals surface area contributed by atoms with Crippen LogP contribution in [0.1, 0.15) is 62.6 Å². The van der Waals surface area contributed by atoms with Crippen molar-refractivity contribution in [2.75, 3.05) is 10.6 Å². The lowest BCUT2D eigenvalue weighted by atomic mass is 9.92. The van der Waals surface area contributed by atoms with Crippen molar-refractivity contribution in [3.05, 3.63) is 59.2 Å². The molecule has 2 aromatic rings. The summed E-state index contributed by atoms with van der Waals surface area (Å²) in [6.07, 6.45) is 0.521. The number of anilines is 2. The number of carbonyl (C=O) groups is 2. The molecule has 2 unspecified atom stereocenters. The fraction of sp³-hybridized carbons (Fsp3) is 0.375. The molecule has 0 aliphatic heterocycles. The van der Waals surface area contributed by atoms with Gasteiger partial charge in [-0.15, -0.1) is 0 Å². The summed E-state index contributed by atoms with van der Waals surface area (Å²) in [7, 11) is 0. The van der Waals surface area contributed by atoms with Crippen molar-refractivity contribution in [1.82, 2.24) is 0 Å². The molecule has 150 valence electrons. The number of para-hydroxylation sites is 2. The average Bonchev–Trinajstić information content (AvgIpc) is 3.49. The maximum absolute atomic E-state index is 12.9. The first kappa shape index (κ1) is 20.6. The summed E-state index contributed by atoms with van der Waals surface area (Å²) < 4.78 is 0. The highest BCUT2D eigenvalue weighted by atomic mass is 16.2. The number of hydrogen-bond acceptors (Lipinski definition) is 3. The summed E-state index contributed by atoms with van der Waals surface area (Å²) in [5, 5.41) is 15.1. The van der Waals surface area contributed by atoms with Gasteiger partial charge in [-0.05, 0) is 41.5 Å². The molecule has 0 saturated heterocycles. The Morgan fingerprint density at radius 3 is 2.00 bits per heavy atom. The highest BCUT2D eigenvalue weighted by molar-refractivity contribution is 6.04. The molecule has 0 heterocycles. The third-order valence-corrected chi connectivity index (χ3v) is 5.39. The average molecular weight is 389 g/mol. The molecule has 1 fully saturated rings. The van der Waals surface area contributed by atoms with Crippen molar-refractivity contribution in [2.24, 2.45) is 11.8 Å². The predicted molar refractivity (Wildman–Crippen MR) is 115 cm³/mol. The van der Waals surface area contributed by atoms with Crippen LogP contribution in [0.4, 0.5) is 11.4 Å². The zero-order valence-corrected chi connectivity index (χ0v) is 17.3. The van der Waals surface area contributed by atoms with E-state index in [0.717, 1.165) is 16.8 Å². The molecule has 1 aliphatic rings. The number of nitriles is 1. The fourth-order valence-electron chi connectivity index (χ4n) is 3.60. The van der Waals surface area contributed by atoms with Gasteiger partial charge >= 0.3 is 0 Å². The molecule has 5 heteroatoms. The zero-order valence-electron chi connectivity index (χ0n) is 17.3. The number of benzene rings is 2. The maximum Gasteiger partial charge on any atom is 0.228 e. The summed E-state index contributed by atoms with van der Waals surface area (Å²) in [5.74, 6) is -0.475. The van der Waals surface area contributed by atoms with E-state index in [-0.39, 0.29) is 35.5 Å². The highest BCUT2D eigenvalue weighted by Gasteiger charge is 2.48. The smallest absolute Gasteiger partial charge is 0.228 e. The van der Waals surface area contributed by atoms with Crippen LogP contribution >= 0.6 is 0 Å². The minimum atomic E-state index is -0.365. The van der Waals surface area contributed by atoms with E-state index in [1.165, 1.54) is 0 Å². The molecular formula is C24H27N3O2. The van der Waals surface area contributed by atoms with Crippen molar-refractivity contribution in [3.8, 4) is 6.07 Å². The molecular weight excluding hydrogens is 362 g/mol. The van der Waals surface area contributed by atoms with Crippen LogP contribution in [0.15, 0.2) is 42.5 Å². The maximum atomic E-state index is 12.9. The topological polar surface area (TPSA) is 82.0 Å². The van der Waals surface area contributed by atoms with Gasteiger partial charge < -0.3 is 10.6 Å². The van der Waals surface area contributed by atoms with E-state index in [0.29, 0.717) is 17.7 Å². The molecule has 0 aromatic heterocycles. The highest BCUT2D eigenvalue weighted by Crippen LogP contribution is 2.41. The minimum absolute atomic E-state index is 0.117. The van der Waals surface area contributed by atoms with Gasteiger partial charge in [0.1, 0.15) is 6.07 Å². The van der Waals surface area contributed by atoms with E-state index in [2.05, 4.69) is 44.4 Å². The van der Waals surface area contributed by atoms with E-state index in [4.69, 9.17) is 5.26 Å². The lowest BCUT2D eigenvalue weighted by Gasteiger charge is -2.20. The number of amides is 2. The lowest BCUT2D eigenvalue weighted by Crippen LogP contribution is -2.22. The first-order chi connectivity index (χ1) is 13.8. The van der Waals surface area contributed by atoms with Gasteiger partial charge in [0.2, 0.25) is 11.8 Å². The normalized spacial score (nSPS) is 17.7. The lowest BCUT2D eigenvalue weighted by molar-refractivity contribution is -0.122. The molecule has 3 rings (SSSR count). The quantitative estimate of drug-likeness (QED) is 0.728. The first-order valence-corrected chi connectivity index (χ1v) is 10.1. The summed E-state index contributed by atoms with van der Waals surface area (Å²) in [5.41, 5.74) is 3.99. The molecule has 0 bridgehead atoms. The second kappa shape index (κ2) is 8.48. The van der Waals surface area contributed by atoms with Gasteiger partial charge in [0.05, 0.1) is 23.1 Å². The zero-order chi connectivity index (χ0) is 21.1. The van der Waals surface area contributed by atoms with Crippen LogP contribution in [0.5, 0.6) is 0 Å². The third kappa shape index (κ3) is 4.48. The molecule has 1 saturated carbocycles. The third-order valence-electron chi connectivity index (χ3n) is 5.39. The van der Waals surface area contributed by atoms with Crippen molar-refractivity contribution >= 4 is 23.2 Å². The van der Waals surface area contributed by atoms with Crippen molar-refractivity contribution in [2.45, 2.75) is 46.0 Å². The second-order valence-electron chi connectivity index (χ2n) is 8.21. The van der Waals surface area contributed by atoms with Crippen molar-refractivity contribution in [1.29, 1.82) is 5.26 Å². The molecule has 2 N–H and O–H groups in total. The van der Waals surface area contributed by atoms with Gasteiger partial charge in [0.25, 0.3) is 0 Å². The molecule has 2 aromatic carbocycles. The van der Waals surface area contributed by atoms with Gasteiger partial charge in [0, 0.05) is 5.69 Å². The van der Waals surface area contributed by atoms with Crippen molar-refractivity contribution < 1.29 is 9.59 Å². The van der Waals surface area contributed by atoms with Gasteiger partial charge in [-0.3, -0.25) is 9.59 Å². The largest absolute Gasteiger partial charge is 0.325 e. The molecule has 2 amide bonds. The van der Waals surface area contributed by atoms with Crippen LogP contribution in [0.3, 0.4) is 0 Å². The molecule has 2 atom stereocenters. The van der Waals surface area contributed by atoms with Gasteiger partial charge in [-0.1, -0.05) is 58.0 Å². The Bertz CT molecular complexity index is 946. The molecule has 0 spiro atoms. The van der Waals surface area contributed by atoms with E-state index >= 15 is 0 Å². The number of rotatable bonds is 6. The Hall–Kier alpha value is -3.13. The summed E-state index contributed by atoms with van der Waals surface area (Å²) in [6, 6.07) is 15.1. The minimum Gasteiger partial charge on any atom is -0.325 e. The van der Waals surface area contributed by atoms with Crippen LogP contribution in [0.25, 0.3) is 0 Å². The van der Waals surface area contributed by atoms with Crippen LogP contribution in [-0.4, -0.2) is 11.8 Å². The van der Waals surface area contributed by atoms with E-state index in [9.17, 15) is 9.59 Å². The Kier molecular flexibility index (Phi) is 6.03. The second-order valence-corrected chi connectivity index (χ2v) is 8.21. The summed E-state index contributed by atoms with van der Waals surface area (Å²) in [6.45, 7) is 8.43. The van der Waals surface area contributed by atoms with E-state index < -0.39 is 0 Å².